The molecule has 0 fully saturated rings. The van der Waals surface area contributed by atoms with Crippen LogP contribution in [0.15, 0.2) is 48.7 Å². The molecule has 0 N–H and O–H groups in total. The van der Waals surface area contributed by atoms with Gasteiger partial charge in [-0.1, -0.05) is 18.1 Å². The molecular weight excluding hydrogens is 384 g/mol. The maximum absolute atomic E-state index is 12.8. The zero-order valence-electron chi connectivity index (χ0n) is 14.8. The minimum atomic E-state index is -4.45. The Morgan fingerprint density at radius 1 is 1.18 bits per heavy atom. The van der Waals surface area contributed by atoms with Crippen molar-refractivity contribution < 1.29 is 57.4 Å². The van der Waals surface area contributed by atoms with Crippen LogP contribution in [0.3, 0.4) is 0 Å². The number of benzene rings is 1. The molecule has 28 heavy (non-hydrogen) atoms. The average Bonchev–Trinajstić information content (AvgIpc) is 2.96. The summed E-state index contributed by atoms with van der Waals surface area (Å²) in [6.45, 7) is -0.726. The second-order valence-electron chi connectivity index (χ2n) is 5.53. The van der Waals surface area contributed by atoms with Gasteiger partial charge < -0.3 is 14.6 Å². The third-order valence-electron chi connectivity index (χ3n) is 3.58. The van der Waals surface area contributed by atoms with E-state index in [1.165, 1.54) is 12.1 Å². The van der Waals surface area contributed by atoms with E-state index in [2.05, 4.69) is 16.8 Å². The van der Waals surface area contributed by atoms with Crippen LogP contribution in [0.1, 0.15) is 22.5 Å². The van der Waals surface area contributed by atoms with Gasteiger partial charge in [0.25, 0.3) is 0 Å². The predicted octanol–water partition coefficient (Wildman–Crippen LogP) is -0.977. The number of nitrogens with zero attached hydrogens (tertiary/aromatic N) is 2. The van der Waals surface area contributed by atoms with Crippen molar-refractivity contribution >= 4 is 11.6 Å². The van der Waals surface area contributed by atoms with Gasteiger partial charge in [-0.15, -0.1) is 0 Å². The number of aliphatic carboxylic acids is 1. The molecule has 0 amide bonds. The van der Waals surface area contributed by atoms with E-state index in [4.69, 9.17) is 4.74 Å². The van der Waals surface area contributed by atoms with Crippen LogP contribution in [0, 0.1) is 11.8 Å². The van der Waals surface area contributed by atoms with Gasteiger partial charge in [0.1, 0.15) is 17.0 Å². The van der Waals surface area contributed by atoms with Crippen molar-refractivity contribution in [3.05, 3.63) is 71.2 Å². The zero-order chi connectivity index (χ0) is 19.4. The predicted molar refractivity (Wildman–Crippen MR) is 87.3 cm³/mol. The molecule has 0 unspecified atom stereocenters. The smallest absolute Gasteiger partial charge is 0.548 e. The maximum atomic E-state index is 12.8. The fourth-order valence-electron chi connectivity index (χ4n) is 2.41. The molecule has 0 aliphatic carbocycles. The molecule has 0 bridgehead atoms. The minimum Gasteiger partial charge on any atom is -0.548 e. The molecule has 0 atom stereocenters. The summed E-state index contributed by atoms with van der Waals surface area (Å²) in [5, 5.41) is 10.5. The molecule has 5 nitrogen and oxygen atoms in total. The summed E-state index contributed by atoms with van der Waals surface area (Å²) in [5.41, 5.74) is 0.739. The molecule has 138 valence electrons. The number of carboxylic acids is 1. The average molecular weight is 396 g/mol. The number of fused-ring (bicyclic) bond motifs is 1. The van der Waals surface area contributed by atoms with E-state index in [1.807, 2.05) is 0 Å². The Hall–Kier alpha value is -2.31. The number of ether oxygens (including phenoxy) is 1. The van der Waals surface area contributed by atoms with E-state index >= 15 is 0 Å². The molecule has 9 heteroatoms. The van der Waals surface area contributed by atoms with Gasteiger partial charge in [-0.25, -0.2) is 4.98 Å². The number of imidazole rings is 1. The summed E-state index contributed by atoms with van der Waals surface area (Å²) >= 11 is 0. The molecule has 0 aliphatic heterocycles. The number of carbonyl (C=O) groups is 1. The molecule has 0 saturated carbocycles. The van der Waals surface area contributed by atoms with Gasteiger partial charge >= 0.3 is 35.7 Å². The molecule has 2 heterocycles. The summed E-state index contributed by atoms with van der Waals surface area (Å²) in [7, 11) is 0. The number of hydrogen-bond donors (Lipinski definition) is 0. The largest absolute Gasteiger partial charge is 1.00 e. The van der Waals surface area contributed by atoms with E-state index < -0.39 is 24.3 Å². The van der Waals surface area contributed by atoms with Crippen LogP contribution in [0.25, 0.3) is 5.65 Å². The second kappa shape index (κ2) is 9.26. The molecule has 1 aromatic carbocycles. The van der Waals surface area contributed by atoms with Gasteiger partial charge in [0.05, 0.1) is 24.7 Å². The third-order valence-corrected chi connectivity index (χ3v) is 3.58. The van der Waals surface area contributed by atoms with Gasteiger partial charge in [0.15, 0.2) is 0 Å². The van der Waals surface area contributed by atoms with Crippen molar-refractivity contribution in [2.24, 2.45) is 0 Å². The number of aromatic nitrogens is 2. The van der Waals surface area contributed by atoms with Crippen molar-refractivity contribution in [3.8, 4) is 11.8 Å². The fourth-order valence-corrected chi connectivity index (χ4v) is 2.41. The standard InChI is InChI=1S/C19H13F3N2O3.Na/c20-19(21,22)14-5-3-4-13(10-14)7-8-16-15(11-27-12-18(25)26)23-17-6-1-2-9-24(16)17;/h1-6,9-10H,11-12H2,(H,25,26);/q;+1/p-1. The van der Waals surface area contributed by atoms with Gasteiger partial charge in [-0.2, -0.15) is 13.2 Å². The van der Waals surface area contributed by atoms with Crippen molar-refractivity contribution in [2.75, 3.05) is 6.61 Å². The first kappa shape index (κ1) is 22.0. The topological polar surface area (TPSA) is 66.7 Å². The van der Waals surface area contributed by atoms with Crippen molar-refractivity contribution in [1.29, 1.82) is 0 Å². The number of carbonyl (C=O) groups excluding carboxylic acids is 1. The van der Waals surface area contributed by atoms with Crippen LogP contribution in [-0.2, 0) is 22.3 Å². The number of halogens is 3. The van der Waals surface area contributed by atoms with Crippen LogP contribution in [0.5, 0.6) is 0 Å². The zero-order valence-corrected chi connectivity index (χ0v) is 16.8. The monoisotopic (exact) mass is 396 g/mol. The number of pyridine rings is 1. The van der Waals surface area contributed by atoms with Crippen molar-refractivity contribution in [1.82, 2.24) is 9.38 Å². The van der Waals surface area contributed by atoms with E-state index in [0.29, 0.717) is 17.0 Å². The maximum Gasteiger partial charge on any atom is 1.00 e. The van der Waals surface area contributed by atoms with Crippen LogP contribution in [0.2, 0.25) is 0 Å². The Morgan fingerprint density at radius 2 is 1.96 bits per heavy atom. The Kier molecular flexibility index (Phi) is 7.27. The Morgan fingerprint density at radius 3 is 2.68 bits per heavy atom. The fraction of sp³-hybridized carbons (Fsp3) is 0.158. The van der Waals surface area contributed by atoms with E-state index in [-0.39, 0.29) is 41.7 Å². The van der Waals surface area contributed by atoms with Crippen molar-refractivity contribution in [3.63, 3.8) is 0 Å². The number of carboxylic acid groups (broad SMARTS) is 1. The third kappa shape index (κ3) is 5.36. The molecule has 0 saturated heterocycles. The van der Waals surface area contributed by atoms with Gasteiger partial charge in [-0.05, 0) is 36.3 Å². The van der Waals surface area contributed by atoms with E-state index in [1.54, 1.807) is 28.8 Å². The van der Waals surface area contributed by atoms with E-state index in [9.17, 15) is 23.1 Å². The Bertz CT molecular complexity index is 1050. The molecule has 2 aromatic heterocycles. The molecule has 3 rings (SSSR count). The number of alkyl halides is 3. The van der Waals surface area contributed by atoms with Crippen molar-refractivity contribution in [2.45, 2.75) is 12.8 Å². The van der Waals surface area contributed by atoms with Crippen LogP contribution in [0.4, 0.5) is 13.2 Å². The Balaban J connectivity index is 0.00000280. The number of hydrogen-bond acceptors (Lipinski definition) is 4. The first-order valence-corrected chi connectivity index (χ1v) is 7.77. The van der Waals surface area contributed by atoms with Gasteiger partial charge in [-0.3, -0.25) is 4.40 Å². The summed E-state index contributed by atoms with van der Waals surface area (Å²) < 4.78 is 45.1. The van der Waals surface area contributed by atoms with E-state index in [0.717, 1.165) is 12.1 Å². The molecule has 3 aromatic rings. The Labute approximate surface area is 180 Å². The van der Waals surface area contributed by atoms with Crippen LogP contribution >= 0.6 is 0 Å². The summed E-state index contributed by atoms with van der Waals surface area (Å²) in [5.74, 6) is 4.14. The number of rotatable bonds is 4. The quantitative estimate of drug-likeness (QED) is 0.420. The summed E-state index contributed by atoms with van der Waals surface area (Å²) in [6.07, 6.45) is -2.76. The molecular formula is C19H12F3N2NaO3. The summed E-state index contributed by atoms with van der Waals surface area (Å²) in [4.78, 5) is 14.8. The normalized spacial score (nSPS) is 10.8. The first-order valence-electron chi connectivity index (χ1n) is 7.77. The minimum absolute atomic E-state index is 0. The molecule has 0 spiro atoms. The SMILES string of the molecule is O=C([O-])COCc1nc2ccccn2c1C#Cc1cccc(C(F)(F)F)c1.[Na+]. The van der Waals surface area contributed by atoms with Crippen LogP contribution in [-0.4, -0.2) is 22.0 Å². The van der Waals surface area contributed by atoms with Crippen LogP contribution < -0.4 is 34.7 Å². The van der Waals surface area contributed by atoms with Gasteiger partial charge in [0, 0.05) is 11.8 Å². The molecule has 0 aliphatic rings. The molecule has 0 radical (unpaired) electrons. The van der Waals surface area contributed by atoms with Gasteiger partial charge in [0.2, 0.25) is 0 Å². The summed E-state index contributed by atoms with van der Waals surface area (Å²) in [6, 6.07) is 9.91. The second-order valence-corrected chi connectivity index (χ2v) is 5.53. The first-order chi connectivity index (χ1) is 12.8.